The third-order valence-electron chi connectivity index (χ3n) is 10.3. The number of aliphatic hydroxyl groups excluding tert-OH is 1. The van der Waals surface area contributed by atoms with Crippen molar-refractivity contribution in [3.63, 3.8) is 0 Å². The molecule has 1 atom stereocenters. The molecule has 0 spiro atoms. The normalized spacial score (nSPS) is 13.6. The van der Waals surface area contributed by atoms with Crippen LogP contribution in [0.2, 0.25) is 0 Å². The molecule has 0 fully saturated rings. The van der Waals surface area contributed by atoms with Gasteiger partial charge >= 0.3 is 11.9 Å². The lowest BCUT2D eigenvalue weighted by molar-refractivity contribution is -0.161. The minimum absolute atomic E-state index is 0.0928. The van der Waals surface area contributed by atoms with E-state index < -0.39 is 6.10 Å². The summed E-state index contributed by atoms with van der Waals surface area (Å²) in [7, 11) is 0. The topological polar surface area (TPSA) is 72.8 Å². The van der Waals surface area contributed by atoms with Crippen molar-refractivity contribution in [1.29, 1.82) is 0 Å². The van der Waals surface area contributed by atoms with Crippen LogP contribution in [0.25, 0.3) is 0 Å². The quantitative estimate of drug-likeness (QED) is 0.0374. The number of carbonyl (C=O) groups is 2. The summed E-state index contributed by atoms with van der Waals surface area (Å²) in [6.07, 6.45) is 84.7. The summed E-state index contributed by atoms with van der Waals surface area (Å²) in [4.78, 5) is 24.5. The van der Waals surface area contributed by atoms with Gasteiger partial charge in [-0.1, -0.05) is 217 Å². The van der Waals surface area contributed by atoms with E-state index in [1.165, 1.54) is 19.3 Å². The highest BCUT2D eigenvalue weighted by Crippen LogP contribution is 2.12. The second kappa shape index (κ2) is 54.9. The molecule has 66 heavy (non-hydrogen) atoms. The number of allylic oxidation sites excluding steroid dienone is 26. The molecule has 0 aliphatic carbocycles. The van der Waals surface area contributed by atoms with Crippen LogP contribution in [0.4, 0.5) is 0 Å². The molecule has 0 heterocycles. The van der Waals surface area contributed by atoms with Gasteiger partial charge in [-0.2, -0.15) is 0 Å². The molecule has 5 heteroatoms. The molecule has 0 radical (unpaired) electrons. The first kappa shape index (κ1) is 61.5. The summed E-state index contributed by atoms with van der Waals surface area (Å²) >= 11 is 0. The van der Waals surface area contributed by atoms with E-state index in [2.05, 4.69) is 172 Å². The van der Waals surface area contributed by atoms with Crippen molar-refractivity contribution in [2.45, 2.75) is 200 Å². The highest BCUT2D eigenvalue weighted by molar-refractivity contribution is 5.70. The van der Waals surface area contributed by atoms with E-state index in [-0.39, 0.29) is 25.2 Å². The lowest BCUT2D eigenvalue weighted by Crippen LogP contribution is -2.28. The summed E-state index contributed by atoms with van der Waals surface area (Å²) < 4.78 is 10.6. The third-order valence-corrected chi connectivity index (χ3v) is 10.3. The molecule has 0 aromatic heterocycles. The molecule has 0 saturated carbocycles. The molecule has 1 N–H and O–H groups in total. The van der Waals surface area contributed by atoms with Gasteiger partial charge in [0.05, 0.1) is 6.61 Å². The van der Waals surface area contributed by atoms with E-state index in [1.54, 1.807) is 0 Å². The Morgan fingerprint density at radius 1 is 0.348 bits per heavy atom. The molecule has 0 bridgehead atoms. The van der Waals surface area contributed by atoms with E-state index in [9.17, 15) is 14.7 Å². The first-order valence-electron chi connectivity index (χ1n) is 26.0. The number of ether oxygens (including phenoxy) is 2. The van der Waals surface area contributed by atoms with Crippen LogP contribution in [0.1, 0.15) is 194 Å². The Hall–Kier alpha value is -4.48. The van der Waals surface area contributed by atoms with Crippen molar-refractivity contribution in [2.75, 3.05) is 13.2 Å². The van der Waals surface area contributed by atoms with Crippen LogP contribution in [0.15, 0.2) is 158 Å². The van der Waals surface area contributed by atoms with Gasteiger partial charge in [0.1, 0.15) is 6.61 Å². The first-order chi connectivity index (χ1) is 32.6. The summed E-state index contributed by atoms with van der Waals surface area (Å²) in [6.45, 7) is 3.87. The SMILES string of the molecule is CC/C=C\C/C=C\C/C=C\C/C=C\C/C=C\C/C=C\C/C=C\C/C=C\C/C=C\CCCCCCCC(=O)OC(CO)COC(=O)CCCCCCCC/C=C\C/C=C\C/C=C\C/C=C\CC. The molecule has 1 unspecified atom stereocenters. The summed E-state index contributed by atoms with van der Waals surface area (Å²) in [5.74, 6) is -0.643. The molecule has 5 nitrogen and oxygen atoms in total. The smallest absolute Gasteiger partial charge is 0.306 e. The van der Waals surface area contributed by atoms with Crippen LogP contribution in [-0.4, -0.2) is 36.4 Å². The van der Waals surface area contributed by atoms with Gasteiger partial charge in [-0.3, -0.25) is 9.59 Å². The van der Waals surface area contributed by atoms with Crippen LogP contribution >= 0.6 is 0 Å². The van der Waals surface area contributed by atoms with Crippen molar-refractivity contribution in [2.24, 2.45) is 0 Å². The predicted molar refractivity (Wildman–Crippen MR) is 287 cm³/mol. The van der Waals surface area contributed by atoms with E-state index >= 15 is 0 Å². The monoisotopic (exact) mass is 907 g/mol. The van der Waals surface area contributed by atoms with Gasteiger partial charge in [0.15, 0.2) is 6.10 Å². The van der Waals surface area contributed by atoms with Crippen molar-refractivity contribution >= 4 is 11.9 Å². The molecule has 0 rings (SSSR count). The van der Waals surface area contributed by atoms with Crippen molar-refractivity contribution in [3.05, 3.63) is 158 Å². The molecule has 0 amide bonds. The van der Waals surface area contributed by atoms with Crippen molar-refractivity contribution < 1.29 is 24.2 Å². The van der Waals surface area contributed by atoms with Gasteiger partial charge < -0.3 is 14.6 Å². The van der Waals surface area contributed by atoms with Crippen LogP contribution < -0.4 is 0 Å². The van der Waals surface area contributed by atoms with Crippen molar-refractivity contribution in [3.8, 4) is 0 Å². The maximum Gasteiger partial charge on any atom is 0.306 e. The molecular formula is C61H94O5. The van der Waals surface area contributed by atoms with Crippen LogP contribution in [0, 0.1) is 0 Å². The highest BCUT2D eigenvalue weighted by atomic mass is 16.6. The third kappa shape index (κ3) is 52.1. The first-order valence-corrected chi connectivity index (χ1v) is 26.0. The number of hydrogen-bond donors (Lipinski definition) is 1. The van der Waals surface area contributed by atoms with Gasteiger partial charge in [0.25, 0.3) is 0 Å². The van der Waals surface area contributed by atoms with Crippen LogP contribution in [0.5, 0.6) is 0 Å². The number of carbonyl (C=O) groups excluding carboxylic acids is 2. The Morgan fingerprint density at radius 2 is 0.606 bits per heavy atom. The summed E-state index contributed by atoms with van der Waals surface area (Å²) in [5, 5.41) is 9.63. The molecule has 368 valence electrons. The zero-order valence-electron chi connectivity index (χ0n) is 41.9. The second-order valence-electron chi connectivity index (χ2n) is 16.5. The summed E-state index contributed by atoms with van der Waals surface area (Å²) in [5.41, 5.74) is 0. The number of aliphatic hydroxyl groups is 1. The zero-order valence-corrected chi connectivity index (χ0v) is 41.9. The number of esters is 2. The number of rotatable bonds is 45. The van der Waals surface area contributed by atoms with Crippen LogP contribution in [0.3, 0.4) is 0 Å². The van der Waals surface area contributed by atoms with Gasteiger partial charge in [-0.15, -0.1) is 0 Å². The van der Waals surface area contributed by atoms with Gasteiger partial charge in [0, 0.05) is 12.8 Å². The lowest BCUT2D eigenvalue weighted by Gasteiger charge is -2.15. The van der Waals surface area contributed by atoms with E-state index in [1.807, 2.05) is 0 Å². The number of unbranched alkanes of at least 4 members (excludes halogenated alkanes) is 11. The molecule has 0 aliphatic rings. The molecular weight excluding hydrogens is 813 g/mol. The Kier molecular flexibility index (Phi) is 51.1. The fourth-order valence-corrected chi connectivity index (χ4v) is 6.48. The van der Waals surface area contributed by atoms with Gasteiger partial charge in [-0.25, -0.2) is 0 Å². The minimum Gasteiger partial charge on any atom is -0.462 e. The Bertz CT molecular complexity index is 1490. The van der Waals surface area contributed by atoms with E-state index in [4.69, 9.17) is 9.47 Å². The lowest BCUT2D eigenvalue weighted by atomic mass is 10.1. The Morgan fingerprint density at radius 3 is 0.909 bits per heavy atom. The Labute approximate surface area is 405 Å². The molecule has 0 aromatic rings. The standard InChI is InChI=1S/C61H94O5/c1-3-5-7-9-11-13-15-17-19-21-23-24-25-26-27-28-29-30-31-32-33-34-35-36-38-40-42-44-46-48-50-52-54-56-61(64)66-59(57-62)58-65-60(63)55-53-51-49-47-45-43-41-39-37-22-20-18-16-14-12-10-8-6-4-2/h5-8,11-14,17-20,23-24,26-27,29-30,32-33,35-37,39-40,42,59,62H,3-4,9-10,15-16,21-22,25,28,31,34,38,41,43-58H2,1-2H3/b7-5-,8-6-,13-11-,14-12-,19-17-,20-18-,24-23-,27-26-,30-29-,33-32-,36-35-,39-37-,42-40-. The van der Waals surface area contributed by atoms with E-state index in [0.717, 1.165) is 148 Å². The van der Waals surface area contributed by atoms with Gasteiger partial charge in [0.2, 0.25) is 0 Å². The summed E-state index contributed by atoms with van der Waals surface area (Å²) in [6, 6.07) is 0. The fourth-order valence-electron chi connectivity index (χ4n) is 6.48. The zero-order chi connectivity index (χ0) is 47.7. The van der Waals surface area contributed by atoms with E-state index in [0.29, 0.717) is 12.8 Å². The maximum absolute atomic E-state index is 12.3. The highest BCUT2D eigenvalue weighted by Gasteiger charge is 2.16. The van der Waals surface area contributed by atoms with Crippen molar-refractivity contribution in [1.82, 2.24) is 0 Å². The second-order valence-corrected chi connectivity index (χ2v) is 16.5. The maximum atomic E-state index is 12.3. The minimum atomic E-state index is -0.802. The predicted octanol–water partition coefficient (Wildman–Crippen LogP) is 17.6. The average Bonchev–Trinajstić information content (AvgIpc) is 3.32. The molecule has 0 aliphatic heterocycles. The number of hydrogen-bond acceptors (Lipinski definition) is 5. The average molecular weight is 907 g/mol. The Balaban J connectivity index is 3.68. The molecule has 0 saturated heterocycles. The van der Waals surface area contributed by atoms with Gasteiger partial charge in [-0.05, 0) is 122 Å². The fraction of sp³-hybridized carbons (Fsp3) is 0.541. The largest absolute Gasteiger partial charge is 0.462 e. The molecule has 0 aromatic carbocycles. The van der Waals surface area contributed by atoms with Crippen LogP contribution in [-0.2, 0) is 19.1 Å².